The van der Waals surface area contributed by atoms with Gasteiger partial charge in [0.1, 0.15) is 0 Å². The summed E-state index contributed by atoms with van der Waals surface area (Å²) in [4.78, 5) is 2.61. The molecule has 1 aliphatic heterocycles. The Morgan fingerprint density at radius 3 is 2.63 bits per heavy atom. The second-order valence-electron chi connectivity index (χ2n) is 6.39. The summed E-state index contributed by atoms with van der Waals surface area (Å²) in [5.41, 5.74) is 2.84. The topological polar surface area (TPSA) is 15.3 Å². The van der Waals surface area contributed by atoms with Crippen LogP contribution in [0.1, 0.15) is 36.8 Å². The molecule has 0 aromatic heterocycles. The van der Waals surface area contributed by atoms with E-state index in [9.17, 15) is 0 Å². The lowest BCUT2D eigenvalue weighted by Crippen LogP contribution is -2.37. The van der Waals surface area contributed by atoms with E-state index in [-0.39, 0.29) is 0 Å². The lowest BCUT2D eigenvalue weighted by molar-refractivity contribution is 0.175. The summed E-state index contributed by atoms with van der Waals surface area (Å²) in [7, 11) is 0. The van der Waals surface area contributed by atoms with Gasteiger partial charge in [0.05, 0.1) is 0 Å². The highest BCUT2D eigenvalue weighted by molar-refractivity contribution is 5.22. The van der Waals surface area contributed by atoms with Crippen molar-refractivity contribution in [2.75, 3.05) is 19.6 Å². The zero-order chi connectivity index (χ0) is 13.1. The minimum Gasteiger partial charge on any atom is -0.314 e. The van der Waals surface area contributed by atoms with E-state index in [0.29, 0.717) is 0 Å². The Labute approximate surface area is 117 Å². The van der Waals surface area contributed by atoms with Crippen LogP contribution in [0.3, 0.4) is 0 Å². The molecule has 1 aromatic rings. The van der Waals surface area contributed by atoms with Crippen LogP contribution in [0.5, 0.6) is 0 Å². The first-order valence-corrected chi connectivity index (χ1v) is 7.81. The third-order valence-electron chi connectivity index (χ3n) is 4.47. The number of rotatable bonds is 5. The molecule has 1 aliphatic carbocycles. The highest BCUT2D eigenvalue weighted by Crippen LogP contribution is 2.22. The molecule has 1 saturated carbocycles. The lowest BCUT2D eigenvalue weighted by Gasteiger charge is -2.32. The van der Waals surface area contributed by atoms with Gasteiger partial charge in [0.2, 0.25) is 0 Å². The van der Waals surface area contributed by atoms with Crippen molar-refractivity contribution < 1.29 is 0 Å². The number of aryl methyl sites for hydroxylation is 1. The minimum atomic E-state index is 0.866. The summed E-state index contributed by atoms with van der Waals surface area (Å²) in [6.45, 7) is 7.10. The van der Waals surface area contributed by atoms with E-state index in [4.69, 9.17) is 0 Å². The highest BCUT2D eigenvalue weighted by Gasteiger charge is 2.24. The molecule has 0 bridgehead atoms. The zero-order valence-corrected chi connectivity index (χ0v) is 12.1. The van der Waals surface area contributed by atoms with E-state index in [1.807, 2.05) is 0 Å². The molecular weight excluding hydrogens is 232 g/mol. The van der Waals surface area contributed by atoms with E-state index >= 15 is 0 Å². The number of piperidine rings is 1. The Morgan fingerprint density at radius 2 is 1.95 bits per heavy atom. The Bertz CT molecular complexity index is 403. The van der Waals surface area contributed by atoms with Gasteiger partial charge in [-0.15, -0.1) is 0 Å². The van der Waals surface area contributed by atoms with E-state index < -0.39 is 0 Å². The van der Waals surface area contributed by atoms with Gasteiger partial charge in [-0.2, -0.15) is 0 Å². The highest BCUT2D eigenvalue weighted by atomic mass is 15.1. The summed E-state index contributed by atoms with van der Waals surface area (Å²) in [5.74, 6) is 0.911. The normalized spacial score (nSPS) is 21.7. The molecule has 0 atom stereocenters. The second kappa shape index (κ2) is 6.06. The SMILES string of the molecule is Cc1cccc(CN2CCC(CNC3CC3)CC2)c1. The van der Waals surface area contributed by atoms with E-state index in [2.05, 4.69) is 41.4 Å². The molecule has 2 heteroatoms. The number of hydrogen-bond acceptors (Lipinski definition) is 2. The quantitative estimate of drug-likeness (QED) is 0.873. The first-order valence-electron chi connectivity index (χ1n) is 7.81. The van der Waals surface area contributed by atoms with Gasteiger partial charge in [0.15, 0.2) is 0 Å². The molecule has 104 valence electrons. The molecule has 2 aliphatic rings. The van der Waals surface area contributed by atoms with Crippen LogP contribution in [0, 0.1) is 12.8 Å². The molecule has 2 fully saturated rings. The lowest BCUT2D eigenvalue weighted by atomic mass is 9.96. The van der Waals surface area contributed by atoms with Crippen molar-refractivity contribution in [1.29, 1.82) is 0 Å². The van der Waals surface area contributed by atoms with Crippen molar-refractivity contribution in [3.63, 3.8) is 0 Å². The Hall–Kier alpha value is -0.860. The summed E-state index contributed by atoms with van der Waals surface area (Å²) < 4.78 is 0. The number of nitrogens with one attached hydrogen (secondary N) is 1. The fraction of sp³-hybridized carbons (Fsp3) is 0.647. The van der Waals surface area contributed by atoms with Crippen molar-refractivity contribution in [2.24, 2.45) is 5.92 Å². The molecule has 2 nitrogen and oxygen atoms in total. The number of benzene rings is 1. The summed E-state index contributed by atoms with van der Waals surface area (Å²) in [6.07, 6.45) is 5.55. The monoisotopic (exact) mass is 258 g/mol. The van der Waals surface area contributed by atoms with Crippen LogP contribution in [0.2, 0.25) is 0 Å². The molecule has 1 heterocycles. The van der Waals surface area contributed by atoms with Crippen LogP contribution in [0.15, 0.2) is 24.3 Å². The van der Waals surface area contributed by atoms with Gasteiger partial charge in [0.25, 0.3) is 0 Å². The smallest absolute Gasteiger partial charge is 0.0233 e. The van der Waals surface area contributed by atoms with Gasteiger partial charge in [-0.25, -0.2) is 0 Å². The average molecular weight is 258 g/mol. The Kier molecular flexibility index (Phi) is 4.19. The average Bonchev–Trinajstić information content (AvgIpc) is 3.22. The Morgan fingerprint density at radius 1 is 1.16 bits per heavy atom. The van der Waals surface area contributed by atoms with Gasteiger partial charge in [0, 0.05) is 12.6 Å². The van der Waals surface area contributed by atoms with Crippen molar-refractivity contribution in [1.82, 2.24) is 10.2 Å². The van der Waals surface area contributed by atoms with Gasteiger partial charge in [-0.3, -0.25) is 4.90 Å². The third kappa shape index (κ3) is 4.05. The number of likely N-dealkylation sites (tertiary alicyclic amines) is 1. The van der Waals surface area contributed by atoms with E-state index in [0.717, 1.165) is 18.5 Å². The molecule has 0 radical (unpaired) electrons. The van der Waals surface area contributed by atoms with Crippen molar-refractivity contribution >= 4 is 0 Å². The maximum atomic E-state index is 3.68. The number of nitrogens with zero attached hydrogens (tertiary/aromatic N) is 1. The van der Waals surface area contributed by atoms with Crippen LogP contribution in [-0.4, -0.2) is 30.6 Å². The maximum absolute atomic E-state index is 3.68. The molecule has 0 spiro atoms. The third-order valence-corrected chi connectivity index (χ3v) is 4.47. The summed E-state index contributed by atoms with van der Waals surface area (Å²) >= 11 is 0. The van der Waals surface area contributed by atoms with Gasteiger partial charge in [-0.1, -0.05) is 29.8 Å². The second-order valence-corrected chi connectivity index (χ2v) is 6.39. The molecule has 1 N–H and O–H groups in total. The molecule has 3 rings (SSSR count). The zero-order valence-electron chi connectivity index (χ0n) is 12.1. The van der Waals surface area contributed by atoms with Gasteiger partial charge in [-0.05, 0) is 63.7 Å². The number of hydrogen-bond donors (Lipinski definition) is 1. The maximum Gasteiger partial charge on any atom is 0.0233 e. The minimum absolute atomic E-state index is 0.866. The molecule has 0 amide bonds. The Balaban J connectivity index is 1.42. The van der Waals surface area contributed by atoms with E-state index in [1.165, 1.54) is 56.4 Å². The largest absolute Gasteiger partial charge is 0.314 e. The first kappa shape index (κ1) is 13.1. The van der Waals surface area contributed by atoms with Crippen LogP contribution >= 0.6 is 0 Å². The molecule has 1 aromatic carbocycles. The predicted octanol–water partition coefficient (Wildman–Crippen LogP) is 2.96. The fourth-order valence-corrected chi connectivity index (χ4v) is 3.04. The van der Waals surface area contributed by atoms with Crippen LogP contribution in [0.4, 0.5) is 0 Å². The van der Waals surface area contributed by atoms with Crippen molar-refractivity contribution in [3.8, 4) is 0 Å². The first-order chi connectivity index (χ1) is 9.29. The molecular formula is C17H26N2. The van der Waals surface area contributed by atoms with Crippen LogP contribution < -0.4 is 5.32 Å². The van der Waals surface area contributed by atoms with Crippen molar-refractivity contribution in [3.05, 3.63) is 35.4 Å². The van der Waals surface area contributed by atoms with Crippen LogP contribution in [0.25, 0.3) is 0 Å². The van der Waals surface area contributed by atoms with E-state index in [1.54, 1.807) is 0 Å². The van der Waals surface area contributed by atoms with Crippen molar-refractivity contribution in [2.45, 2.75) is 45.2 Å². The van der Waals surface area contributed by atoms with Crippen LogP contribution in [-0.2, 0) is 6.54 Å². The van der Waals surface area contributed by atoms with Gasteiger partial charge >= 0.3 is 0 Å². The molecule has 19 heavy (non-hydrogen) atoms. The summed E-state index contributed by atoms with van der Waals surface area (Å²) in [5, 5.41) is 3.68. The molecule has 0 unspecified atom stereocenters. The van der Waals surface area contributed by atoms with Gasteiger partial charge < -0.3 is 5.32 Å². The summed E-state index contributed by atoms with van der Waals surface area (Å²) in [6, 6.07) is 9.80. The standard InChI is InChI=1S/C17H26N2/c1-14-3-2-4-16(11-14)13-19-9-7-15(8-10-19)12-18-17-5-6-17/h2-4,11,15,17-18H,5-10,12-13H2,1H3. The fourth-order valence-electron chi connectivity index (χ4n) is 3.04. The predicted molar refractivity (Wildman–Crippen MR) is 80.2 cm³/mol. The molecule has 1 saturated heterocycles.